The van der Waals surface area contributed by atoms with Gasteiger partial charge in [0.2, 0.25) is 11.1 Å². The summed E-state index contributed by atoms with van der Waals surface area (Å²) in [5, 5.41) is 21.3. The molecule has 3 aromatic rings. The molecule has 0 aliphatic heterocycles. The maximum atomic E-state index is 12.7. The van der Waals surface area contributed by atoms with Crippen LogP contribution >= 0.6 is 11.8 Å². The fourth-order valence-corrected chi connectivity index (χ4v) is 3.69. The van der Waals surface area contributed by atoms with Crippen LogP contribution in [-0.4, -0.2) is 43.3 Å². The molecule has 2 aromatic heterocycles. The average molecular weight is 425 g/mol. The monoisotopic (exact) mass is 424 g/mol. The predicted octanol–water partition coefficient (Wildman–Crippen LogP) is 3.63. The van der Waals surface area contributed by atoms with Crippen LogP contribution < -0.4 is 0 Å². The number of carbonyl (C=O) groups excluding carboxylic acids is 1. The first-order chi connectivity index (χ1) is 14.7. The van der Waals surface area contributed by atoms with Gasteiger partial charge in [-0.25, -0.2) is 0 Å². The Balaban J connectivity index is 1.63. The van der Waals surface area contributed by atoms with E-state index in [2.05, 4.69) is 40.7 Å². The van der Waals surface area contributed by atoms with Gasteiger partial charge in [-0.1, -0.05) is 37.2 Å². The third-order valence-corrected chi connectivity index (χ3v) is 5.44. The summed E-state index contributed by atoms with van der Waals surface area (Å²) in [5.74, 6) is 0.747. The maximum absolute atomic E-state index is 12.7. The van der Waals surface area contributed by atoms with Crippen LogP contribution in [0.3, 0.4) is 0 Å². The lowest BCUT2D eigenvalue weighted by Crippen LogP contribution is -2.32. The standard InChI is InChI=1S/C21H24N6O2S/c1-2-3-6-17-8-10-18(11-9-17)27-21(23-24-25-27)30-16-20(28)26(13-5-12-22)15-19-7-4-14-29-19/h4,7-11,14H,2-3,5-6,13,15-16H2,1H3. The molecule has 2 heterocycles. The van der Waals surface area contributed by atoms with E-state index in [1.165, 1.54) is 17.3 Å². The number of aromatic nitrogens is 4. The van der Waals surface area contributed by atoms with Crippen LogP contribution in [0, 0.1) is 11.3 Å². The van der Waals surface area contributed by atoms with E-state index in [-0.39, 0.29) is 18.1 Å². The number of nitrogens with zero attached hydrogens (tertiary/aromatic N) is 6. The average Bonchev–Trinajstić information content (AvgIpc) is 3.45. The van der Waals surface area contributed by atoms with Crippen molar-refractivity contribution in [3.8, 4) is 11.8 Å². The molecular formula is C21H24N6O2S. The number of carbonyl (C=O) groups is 1. The van der Waals surface area contributed by atoms with Gasteiger partial charge >= 0.3 is 0 Å². The van der Waals surface area contributed by atoms with Crippen LogP contribution in [0.5, 0.6) is 0 Å². The molecule has 0 bridgehead atoms. The van der Waals surface area contributed by atoms with E-state index in [1.807, 2.05) is 18.2 Å². The van der Waals surface area contributed by atoms with Crippen molar-refractivity contribution in [2.24, 2.45) is 0 Å². The van der Waals surface area contributed by atoms with Gasteiger partial charge in [0.1, 0.15) is 5.76 Å². The summed E-state index contributed by atoms with van der Waals surface area (Å²) < 4.78 is 6.97. The summed E-state index contributed by atoms with van der Waals surface area (Å²) in [7, 11) is 0. The molecule has 0 N–H and O–H groups in total. The molecule has 156 valence electrons. The Kier molecular flexibility index (Phi) is 8.03. The second-order valence-corrected chi connectivity index (χ2v) is 7.68. The highest BCUT2D eigenvalue weighted by atomic mass is 32.2. The number of aryl methyl sites for hydroxylation is 1. The Hall–Kier alpha value is -3.12. The highest BCUT2D eigenvalue weighted by Crippen LogP contribution is 2.20. The number of unbranched alkanes of at least 4 members (excludes halogenated alkanes) is 1. The van der Waals surface area contributed by atoms with E-state index in [9.17, 15) is 4.79 Å². The zero-order valence-corrected chi connectivity index (χ0v) is 17.7. The Morgan fingerprint density at radius 1 is 1.30 bits per heavy atom. The third-order valence-electron chi connectivity index (χ3n) is 4.54. The van der Waals surface area contributed by atoms with Gasteiger partial charge in [-0.3, -0.25) is 4.79 Å². The number of rotatable bonds is 11. The Morgan fingerprint density at radius 3 is 2.83 bits per heavy atom. The first-order valence-electron chi connectivity index (χ1n) is 9.89. The molecule has 0 unspecified atom stereocenters. The minimum atomic E-state index is -0.101. The van der Waals surface area contributed by atoms with Gasteiger partial charge in [-0.15, -0.1) is 5.10 Å². The van der Waals surface area contributed by atoms with Crippen LogP contribution in [0.15, 0.2) is 52.2 Å². The molecule has 9 heteroatoms. The van der Waals surface area contributed by atoms with Crippen molar-refractivity contribution in [2.75, 3.05) is 12.3 Å². The van der Waals surface area contributed by atoms with Crippen molar-refractivity contribution in [1.29, 1.82) is 5.26 Å². The fourth-order valence-electron chi connectivity index (χ4n) is 2.90. The highest BCUT2D eigenvalue weighted by Gasteiger charge is 2.18. The van der Waals surface area contributed by atoms with Gasteiger partial charge in [0.05, 0.1) is 36.7 Å². The van der Waals surface area contributed by atoms with Crippen molar-refractivity contribution in [3.63, 3.8) is 0 Å². The molecule has 0 spiro atoms. The number of hydrogen-bond acceptors (Lipinski definition) is 7. The number of benzene rings is 1. The molecule has 1 aromatic carbocycles. The number of hydrogen-bond donors (Lipinski definition) is 0. The molecule has 0 saturated carbocycles. The molecule has 0 fully saturated rings. The Labute approximate surface area is 179 Å². The highest BCUT2D eigenvalue weighted by molar-refractivity contribution is 7.99. The Bertz CT molecular complexity index is 962. The molecule has 0 radical (unpaired) electrons. The van der Waals surface area contributed by atoms with Crippen molar-refractivity contribution < 1.29 is 9.21 Å². The zero-order valence-electron chi connectivity index (χ0n) is 16.9. The summed E-state index contributed by atoms with van der Waals surface area (Å²) in [6.45, 7) is 2.86. The molecule has 0 aliphatic carbocycles. The first-order valence-corrected chi connectivity index (χ1v) is 10.9. The molecule has 30 heavy (non-hydrogen) atoms. The third kappa shape index (κ3) is 5.94. The van der Waals surface area contributed by atoms with E-state index >= 15 is 0 Å². The zero-order chi connectivity index (χ0) is 21.2. The van der Waals surface area contributed by atoms with E-state index < -0.39 is 0 Å². The second-order valence-electron chi connectivity index (χ2n) is 6.73. The van der Waals surface area contributed by atoms with Gasteiger partial charge in [-0.05, 0) is 53.1 Å². The summed E-state index contributed by atoms with van der Waals surface area (Å²) in [4.78, 5) is 14.4. The number of furan rings is 1. The lowest BCUT2D eigenvalue weighted by Gasteiger charge is -2.20. The molecule has 8 nitrogen and oxygen atoms in total. The van der Waals surface area contributed by atoms with E-state index in [1.54, 1.807) is 21.9 Å². The number of amides is 1. The van der Waals surface area contributed by atoms with Crippen molar-refractivity contribution in [1.82, 2.24) is 25.1 Å². The number of tetrazole rings is 1. The molecule has 1 amide bonds. The first kappa shape index (κ1) is 21.6. The quantitative estimate of drug-likeness (QED) is 0.433. The van der Waals surface area contributed by atoms with Crippen LogP contribution in [0.25, 0.3) is 5.69 Å². The molecule has 3 rings (SSSR count). The normalized spacial score (nSPS) is 10.7. The lowest BCUT2D eigenvalue weighted by molar-refractivity contribution is -0.129. The van der Waals surface area contributed by atoms with Crippen LogP contribution in [0.2, 0.25) is 0 Å². The second kappa shape index (κ2) is 11.2. The summed E-state index contributed by atoms with van der Waals surface area (Å²) >= 11 is 1.27. The number of thioether (sulfide) groups is 1. The fraction of sp³-hybridized carbons (Fsp3) is 0.381. The van der Waals surface area contributed by atoms with Crippen molar-refractivity contribution in [2.45, 2.75) is 44.3 Å². The van der Waals surface area contributed by atoms with Crippen LogP contribution in [-0.2, 0) is 17.8 Å². The molecule has 0 atom stereocenters. The summed E-state index contributed by atoms with van der Waals surface area (Å²) in [6.07, 6.45) is 5.21. The maximum Gasteiger partial charge on any atom is 0.233 e. The lowest BCUT2D eigenvalue weighted by atomic mass is 10.1. The molecular weight excluding hydrogens is 400 g/mol. The van der Waals surface area contributed by atoms with E-state index in [4.69, 9.17) is 9.68 Å². The van der Waals surface area contributed by atoms with Gasteiger partial charge in [0.25, 0.3) is 0 Å². The van der Waals surface area contributed by atoms with Gasteiger partial charge in [-0.2, -0.15) is 9.94 Å². The van der Waals surface area contributed by atoms with Crippen LogP contribution in [0.4, 0.5) is 0 Å². The minimum Gasteiger partial charge on any atom is -0.467 e. The summed E-state index contributed by atoms with van der Waals surface area (Å²) in [5.41, 5.74) is 2.14. The Morgan fingerprint density at radius 2 is 2.13 bits per heavy atom. The van der Waals surface area contributed by atoms with Crippen LogP contribution in [0.1, 0.15) is 37.5 Å². The number of nitriles is 1. The molecule has 0 saturated heterocycles. The van der Waals surface area contributed by atoms with Crippen molar-refractivity contribution in [3.05, 3.63) is 54.0 Å². The predicted molar refractivity (Wildman–Crippen MR) is 113 cm³/mol. The van der Waals surface area contributed by atoms with E-state index in [0.717, 1.165) is 24.9 Å². The van der Waals surface area contributed by atoms with E-state index in [0.29, 0.717) is 24.0 Å². The minimum absolute atomic E-state index is 0.101. The van der Waals surface area contributed by atoms with Gasteiger partial charge in [0.15, 0.2) is 0 Å². The molecule has 0 aliphatic rings. The van der Waals surface area contributed by atoms with Gasteiger partial charge < -0.3 is 9.32 Å². The van der Waals surface area contributed by atoms with Gasteiger partial charge in [0, 0.05) is 6.54 Å². The topological polar surface area (TPSA) is 101 Å². The smallest absolute Gasteiger partial charge is 0.233 e. The largest absolute Gasteiger partial charge is 0.467 e. The SMILES string of the molecule is CCCCc1ccc(-n2nnnc2SCC(=O)N(CCC#N)Cc2ccco2)cc1. The van der Waals surface area contributed by atoms with Crippen molar-refractivity contribution >= 4 is 17.7 Å². The summed E-state index contributed by atoms with van der Waals surface area (Å²) in [6, 6.07) is 13.8.